The maximum absolute atomic E-state index is 12.2. The molecule has 1 atom stereocenters. The van der Waals surface area contributed by atoms with Crippen molar-refractivity contribution in [2.75, 3.05) is 12.4 Å². The smallest absolute Gasteiger partial charge is 0.273 e. The molecule has 0 saturated carbocycles. The highest BCUT2D eigenvalue weighted by Gasteiger charge is 2.19. The lowest BCUT2D eigenvalue weighted by atomic mass is 10.1. The first-order chi connectivity index (χ1) is 12.5. The zero-order chi connectivity index (χ0) is 18.9. The van der Waals surface area contributed by atoms with E-state index in [9.17, 15) is 9.59 Å². The summed E-state index contributed by atoms with van der Waals surface area (Å²) in [6.45, 7) is 1.66. The molecule has 2 amide bonds. The third-order valence-corrected chi connectivity index (χ3v) is 3.73. The number of anilines is 1. The SMILES string of the molecule is COC(C(=O)NN=C(C)CC(=O)Nc1ccc(Cl)cc1)c1ccccc1. The van der Waals surface area contributed by atoms with Gasteiger partial charge in [-0.1, -0.05) is 41.9 Å². The molecule has 1 unspecified atom stereocenters. The number of carbonyl (C=O) groups excluding carboxylic acids is 2. The average molecular weight is 374 g/mol. The van der Waals surface area contributed by atoms with Crippen LogP contribution >= 0.6 is 11.6 Å². The van der Waals surface area contributed by atoms with Crippen LogP contribution in [0.4, 0.5) is 5.69 Å². The Labute approximate surface area is 157 Å². The summed E-state index contributed by atoms with van der Waals surface area (Å²) in [6, 6.07) is 15.9. The minimum atomic E-state index is -0.768. The summed E-state index contributed by atoms with van der Waals surface area (Å²) in [7, 11) is 1.45. The molecule has 0 radical (unpaired) electrons. The van der Waals surface area contributed by atoms with Crippen molar-refractivity contribution in [3.63, 3.8) is 0 Å². The molecule has 0 saturated heterocycles. The summed E-state index contributed by atoms with van der Waals surface area (Å²) in [5.74, 6) is -0.648. The number of halogens is 1. The van der Waals surface area contributed by atoms with E-state index in [1.165, 1.54) is 7.11 Å². The quantitative estimate of drug-likeness (QED) is 0.575. The normalized spacial score (nSPS) is 12.3. The van der Waals surface area contributed by atoms with E-state index in [2.05, 4.69) is 15.8 Å². The van der Waals surface area contributed by atoms with Gasteiger partial charge in [0.15, 0.2) is 6.10 Å². The van der Waals surface area contributed by atoms with Crippen LogP contribution in [0.3, 0.4) is 0 Å². The Balaban J connectivity index is 1.89. The highest BCUT2D eigenvalue weighted by atomic mass is 35.5. The van der Waals surface area contributed by atoms with E-state index in [1.54, 1.807) is 43.3 Å². The Morgan fingerprint density at radius 1 is 1.12 bits per heavy atom. The van der Waals surface area contributed by atoms with Gasteiger partial charge in [0.05, 0.1) is 6.42 Å². The van der Waals surface area contributed by atoms with E-state index >= 15 is 0 Å². The second kappa shape index (κ2) is 9.70. The van der Waals surface area contributed by atoms with Crippen LogP contribution < -0.4 is 10.7 Å². The Morgan fingerprint density at radius 3 is 2.38 bits per heavy atom. The van der Waals surface area contributed by atoms with Gasteiger partial charge in [0, 0.05) is 23.5 Å². The van der Waals surface area contributed by atoms with Crippen molar-refractivity contribution >= 4 is 34.8 Å². The number of hydrazone groups is 1. The standard InChI is InChI=1S/C19H20ClN3O3/c1-13(12-17(24)21-16-10-8-15(20)9-11-16)22-23-19(25)18(26-2)14-6-4-3-5-7-14/h3-11,18H,12H2,1-2H3,(H,21,24)(H,23,25). The van der Waals surface area contributed by atoms with Crippen LogP contribution in [0.1, 0.15) is 25.0 Å². The van der Waals surface area contributed by atoms with Crippen LogP contribution in [0, 0.1) is 0 Å². The number of hydrogen-bond donors (Lipinski definition) is 2. The molecular formula is C19H20ClN3O3. The van der Waals surface area contributed by atoms with E-state index in [0.717, 1.165) is 5.56 Å². The zero-order valence-corrected chi connectivity index (χ0v) is 15.3. The lowest BCUT2D eigenvalue weighted by Crippen LogP contribution is -2.28. The number of methoxy groups -OCH3 is 1. The third kappa shape index (κ3) is 5.98. The van der Waals surface area contributed by atoms with E-state index in [-0.39, 0.29) is 12.3 Å². The van der Waals surface area contributed by atoms with E-state index in [4.69, 9.17) is 16.3 Å². The highest BCUT2D eigenvalue weighted by Crippen LogP contribution is 2.16. The molecule has 26 heavy (non-hydrogen) atoms. The molecule has 7 heteroatoms. The van der Waals surface area contributed by atoms with Crippen molar-refractivity contribution in [1.82, 2.24) is 5.43 Å². The lowest BCUT2D eigenvalue weighted by Gasteiger charge is -2.14. The third-order valence-electron chi connectivity index (χ3n) is 3.48. The van der Waals surface area contributed by atoms with Crippen molar-refractivity contribution in [3.05, 3.63) is 65.2 Å². The van der Waals surface area contributed by atoms with Crippen molar-refractivity contribution in [2.24, 2.45) is 5.10 Å². The van der Waals surface area contributed by atoms with Gasteiger partial charge in [-0.05, 0) is 36.8 Å². The molecule has 0 aliphatic carbocycles. The molecule has 0 aliphatic rings. The molecule has 0 aliphatic heterocycles. The fourth-order valence-electron chi connectivity index (χ4n) is 2.24. The molecule has 6 nitrogen and oxygen atoms in total. The van der Waals surface area contributed by atoms with Gasteiger partial charge in [-0.15, -0.1) is 0 Å². The van der Waals surface area contributed by atoms with Gasteiger partial charge >= 0.3 is 0 Å². The summed E-state index contributed by atoms with van der Waals surface area (Å²) in [4.78, 5) is 24.2. The number of nitrogens with zero attached hydrogens (tertiary/aromatic N) is 1. The maximum Gasteiger partial charge on any atom is 0.273 e. The predicted octanol–water partition coefficient (Wildman–Crippen LogP) is 3.55. The highest BCUT2D eigenvalue weighted by molar-refractivity contribution is 6.30. The number of rotatable bonds is 7. The molecular weight excluding hydrogens is 354 g/mol. The predicted molar refractivity (Wildman–Crippen MR) is 102 cm³/mol. The van der Waals surface area contributed by atoms with Crippen molar-refractivity contribution < 1.29 is 14.3 Å². The second-order valence-electron chi connectivity index (χ2n) is 5.58. The van der Waals surface area contributed by atoms with Gasteiger partial charge in [-0.25, -0.2) is 5.43 Å². The van der Waals surface area contributed by atoms with Crippen LogP contribution in [0.15, 0.2) is 59.7 Å². The summed E-state index contributed by atoms with van der Waals surface area (Å²) in [5, 5.41) is 7.29. The summed E-state index contributed by atoms with van der Waals surface area (Å²) in [5.41, 5.74) is 4.26. The molecule has 0 fully saturated rings. The van der Waals surface area contributed by atoms with Crippen LogP contribution in [-0.4, -0.2) is 24.6 Å². The molecule has 0 aromatic heterocycles. The fourth-order valence-corrected chi connectivity index (χ4v) is 2.37. The molecule has 136 valence electrons. The second-order valence-corrected chi connectivity index (χ2v) is 6.02. The van der Waals surface area contributed by atoms with Gasteiger partial charge in [-0.2, -0.15) is 5.10 Å². The number of carbonyl (C=O) groups is 2. The Kier molecular flexibility index (Phi) is 7.32. The van der Waals surface area contributed by atoms with Crippen LogP contribution in [-0.2, 0) is 14.3 Å². The molecule has 2 aromatic carbocycles. The minimum Gasteiger partial charge on any atom is -0.367 e. The van der Waals surface area contributed by atoms with Crippen molar-refractivity contribution in [2.45, 2.75) is 19.4 Å². The van der Waals surface area contributed by atoms with Gasteiger partial charge in [-0.3, -0.25) is 9.59 Å². The first-order valence-corrected chi connectivity index (χ1v) is 8.33. The zero-order valence-electron chi connectivity index (χ0n) is 14.5. The van der Waals surface area contributed by atoms with Crippen molar-refractivity contribution in [3.8, 4) is 0 Å². The maximum atomic E-state index is 12.2. The topological polar surface area (TPSA) is 79.8 Å². The van der Waals surface area contributed by atoms with E-state index in [0.29, 0.717) is 16.4 Å². The number of benzene rings is 2. The number of ether oxygens (including phenoxy) is 1. The number of nitrogens with one attached hydrogen (secondary N) is 2. The first-order valence-electron chi connectivity index (χ1n) is 7.95. The van der Waals surface area contributed by atoms with E-state index in [1.807, 2.05) is 18.2 Å². The Bertz CT molecular complexity index is 776. The van der Waals surface area contributed by atoms with Gasteiger partial charge in [0.25, 0.3) is 5.91 Å². The lowest BCUT2D eigenvalue weighted by molar-refractivity contribution is -0.131. The largest absolute Gasteiger partial charge is 0.367 e. The summed E-state index contributed by atoms with van der Waals surface area (Å²) < 4.78 is 5.23. The minimum absolute atomic E-state index is 0.0475. The first kappa shape index (κ1) is 19.6. The van der Waals surface area contributed by atoms with Crippen LogP contribution in [0.25, 0.3) is 0 Å². The van der Waals surface area contributed by atoms with Gasteiger partial charge in [0.2, 0.25) is 5.91 Å². The van der Waals surface area contributed by atoms with Gasteiger partial charge in [0.1, 0.15) is 0 Å². The van der Waals surface area contributed by atoms with Crippen molar-refractivity contribution in [1.29, 1.82) is 0 Å². The molecule has 2 N–H and O–H groups in total. The van der Waals surface area contributed by atoms with Crippen LogP contribution in [0.2, 0.25) is 5.02 Å². The van der Waals surface area contributed by atoms with E-state index < -0.39 is 12.0 Å². The van der Waals surface area contributed by atoms with Crippen LogP contribution in [0.5, 0.6) is 0 Å². The average Bonchev–Trinajstić information content (AvgIpc) is 2.63. The molecule has 0 bridgehead atoms. The summed E-state index contributed by atoms with van der Waals surface area (Å²) in [6.07, 6.45) is -0.720. The monoisotopic (exact) mass is 373 g/mol. The molecule has 2 rings (SSSR count). The Morgan fingerprint density at radius 2 is 1.77 bits per heavy atom. The van der Waals surface area contributed by atoms with Gasteiger partial charge < -0.3 is 10.1 Å². The number of amides is 2. The Hall–Kier alpha value is -2.70. The molecule has 0 spiro atoms. The number of hydrogen-bond acceptors (Lipinski definition) is 4. The molecule has 2 aromatic rings. The molecule has 0 heterocycles. The fraction of sp³-hybridized carbons (Fsp3) is 0.211. The summed E-state index contributed by atoms with van der Waals surface area (Å²) >= 11 is 5.80.